The van der Waals surface area contributed by atoms with E-state index in [9.17, 15) is 4.79 Å². The Balaban J connectivity index is 1.29. The Morgan fingerprint density at radius 3 is 3.08 bits per heavy atom. The molecule has 7 heteroatoms. The molecule has 128 valence electrons. The van der Waals surface area contributed by atoms with Crippen molar-refractivity contribution in [3.63, 3.8) is 0 Å². The predicted octanol–water partition coefficient (Wildman–Crippen LogP) is 2.83. The van der Waals surface area contributed by atoms with Crippen LogP contribution in [0.25, 0.3) is 0 Å². The number of fused-ring (bicyclic) bond motifs is 1. The second kappa shape index (κ2) is 7.03. The van der Waals surface area contributed by atoms with E-state index < -0.39 is 0 Å². The third kappa shape index (κ3) is 3.37. The normalized spacial score (nSPS) is 20.1. The minimum atomic E-state index is -0.0571. The van der Waals surface area contributed by atoms with E-state index in [2.05, 4.69) is 21.5 Å². The molecular formula is C17H21N3O3S. The van der Waals surface area contributed by atoms with Gasteiger partial charge in [0.05, 0.1) is 4.88 Å². The van der Waals surface area contributed by atoms with Crippen LogP contribution in [-0.2, 0) is 24.0 Å². The third-order valence-electron chi connectivity index (χ3n) is 4.54. The summed E-state index contributed by atoms with van der Waals surface area (Å²) in [6.07, 6.45) is 7.15. The van der Waals surface area contributed by atoms with Crippen LogP contribution in [0.2, 0.25) is 0 Å². The fourth-order valence-corrected chi connectivity index (χ4v) is 4.42. The van der Waals surface area contributed by atoms with Gasteiger partial charge in [-0.15, -0.1) is 11.3 Å². The fraction of sp³-hybridized carbons (Fsp3) is 0.588. The van der Waals surface area contributed by atoms with Crippen LogP contribution < -0.4 is 5.32 Å². The minimum Gasteiger partial charge on any atom is -0.368 e. The summed E-state index contributed by atoms with van der Waals surface area (Å²) in [6.45, 7) is 1.26. The summed E-state index contributed by atoms with van der Waals surface area (Å²) < 4.78 is 10.8. The number of carbonyl (C=O) groups is 1. The van der Waals surface area contributed by atoms with Gasteiger partial charge in [0.25, 0.3) is 11.8 Å². The van der Waals surface area contributed by atoms with Crippen molar-refractivity contribution in [3.05, 3.63) is 33.1 Å². The van der Waals surface area contributed by atoms with Crippen molar-refractivity contribution in [1.82, 2.24) is 15.5 Å². The molecule has 0 radical (unpaired) electrons. The summed E-state index contributed by atoms with van der Waals surface area (Å²) in [5.41, 5.74) is 1.36. The number of nitrogens with zero attached hydrogens (tertiary/aromatic N) is 2. The van der Waals surface area contributed by atoms with Crippen LogP contribution in [0.3, 0.4) is 0 Å². The Morgan fingerprint density at radius 2 is 2.25 bits per heavy atom. The molecule has 0 spiro atoms. The summed E-state index contributed by atoms with van der Waals surface area (Å²) in [7, 11) is 0. The van der Waals surface area contributed by atoms with Crippen molar-refractivity contribution in [2.75, 3.05) is 13.2 Å². The summed E-state index contributed by atoms with van der Waals surface area (Å²) >= 11 is 1.63. The summed E-state index contributed by atoms with van der Waals surface area (Å²) in [5.74, 6) is 1.17. The van der Waals surface area contributed by atoms with Crippen molar-refractivity contribution < 1.29 is 14.1 Å². The molecule has 1 amide bonds. The van der Waals surface area contributed by atoms with E-state index in [1.165, 1.54) is 23.3 Å². The fourth-order valence-electron chi connectivity index (χ4n) is 3.25. The molecule has 1 unspecified atom stereocenters. The van der Waals surface area contributed by atoms with Crippen LogP contribution >= 0.6 is 11.3 Å². The number of amides is 1. The molecule has 2 aromatic rings. The molecule has 1 N–H and O–H groups in total. The van der Waals surface area contributed by atoms with Crippen molar-refractivity contribution in [3.8, 4) is 0 Å². The molecule has 6 nitrogen and oxygen atoms in total. The number of rotatable bonds is 5. The molecule has 1 saturated heterocycles. The van der Waals surface area contributed by atoms with Gasteiger partial charge < -0.3 is 14.6 Å². The number of hydrogen-bond acceptors (Lipinski definition) is 6. The summed E-state index contributed by atoms with van der Waals surface area (Å²) in [5, 5.41) is 6.92. The first kappa shape index (κ1) is 15.8. The minimum absolute atomic E-state index is 0.00255. The average molecular weight is 347 g/mol. The van der Waals surface area contributed by atoms with Crippen LogP contribution in [0.15, 0.2) is 10.6 Å². The number of hydrogen-bond donors (Lipinski definition) is 1. The van der Waals surface area contributed by atoms with Crippen molar-refractivity contribution in [1.29, 1.82) is 0 Å². The second-order valence-electron chi connectivity index (χ2n) is 6.32. The molecule has 3 heterocycles. The predicted molar refractivity (Wildman–Crippen MR) is 89.2 cm³/mol. The van der Waals surface area contributed by atoms with Gasteiger partial charge in [0.15, 0.2) is 5.82 Å². The molecule has 0 bridgehead atoms. The maximum atomic E-state index is 12.3. The molecule has 1 aliphatic carbocycles. The lowest BCUT2D eigenvalue weighted by Gasteiger charge is -2.08. The highest BCUT2D eigenvalue weighted by Crippen LogP contribution is 2.29. The maximum absolute atomic E-state index is 12.3. The van der Waals surface area contributed by atoms with Crippen LogP contribution in [0.4, 0.5) is 0 Å². The van der Waals surface area contributed by atoms with E-state index >= 15 is 0 Å². The van der Waals surface area contributed by atoms with Crippen LogP contribution in [-0.4, -0.2) is 29.2 Å². The monoisotopic (exact) mass is 347 g/mol. The molecule has 1 aliphatic heterocycles. The molecule has 0 aromatic carbocycles. The molecular weight excluding hydrogens is 326 g/mol. The van der Waals surface area contributed by atoms with Crippen LogP contribution in [0, 0.1) is 0 Å². The second-order valence-corrected chi connectivity index (χ2v) is 7.46. The van der Waals surface area contributed by atoms with E-state index in [4.69, 9.17) is 9.26 Å². The average Bonchev–Trinajstić information content (AvgIpc) is 3.33. The first-order valence-corrected chi connectivity index (χ1v) is 9.45. The van der Waals surface area contributed by atoms with E-state index in [1.807, 2.05) is 0 Å². The highest BCUT2D eigenvalue weighted by atomic mass is 32.1. The van der Waals surface area contributed by atoms with Crippen LogP contribution in [0.1, 0.15) is 63.6 Å². The van der Waals surface area contributed by atoms with Gasteiger partial charge >= 0.3 is 0 Å². The van der Waals surface area contributed by atoms with Gasteiger partial charge in [-0.3, -0.25) is 4.79 Å². The molecule has 24 heavy (non-hydrogen) atoms. The van der Waals surface area contributed by atoms with Gasteiger partial charge in [0.2, 0.25) is 0 Å². The van der Waals surface area contributed by atoms with Gasteiger partial charge in [-0.1, -0.05) is 5.16 Å². The van der Waals surface area contributed by atoms with Gasteiger partial charge in [-0.05, 0) is 50.2 Å². The Kier molecular flexibility index (Phi) is 4.62. The van der Waals surface area contributed by atoms with Gasteiger partial charge in [0.1, 0.15) is 6.10 Å². The van der Waals surface area contributed by atoms with Gasteiger partial charge in [-0.25, -0.2) is 0 Å². The maximum Gasteiger partial charge on any atom is 0.261 e. The first-order valence-electron chi connectivity index (χ1n) is 8.63. The number of carbonyl (C=O) groups excluding carboxylic acids is 1. The Morgan fingerprint density at radius 1 is 1.33 bits per heavy atom. The smallest absolute Gasteiger partial charge is 0.261 e. The van der Waals surface area contributed by atoms with E-state index in [0.29, 0.717) is 24.7 Å². The zero-order chi connectivity index (χ0) is 16.4. The quantitative estimate of drug-likeness (QED) is 0.900. The molecule has 2 aliphatic rings. The van der Waals surface area contributed by atoms with Gasteiger partial charge in [0, 0.05) is 24.4 Å². The van der Waals surface area contributed by atoms with E-state index in [-0.39, 0.29) is 12.0 Å². The zero-order valence-electron chi connectivity index (χ0n) is 13.5. The molecule has 1 fully saturated rings. The molecule has 1 atom stereocenters. The van der Waals surface area contributed by atoms with Crippen molar-refractivity contribution in [2.24, 2.45) is 0 Å². The highest BCUT2D eigenvalue weighted by molar-refractivity contribution is 7.14. The summed E-state index contributed by atoms with van der Waals surface area (Å²) in [6, 6.07) is 2.05. The molecule has 2 aromatic heterocycles. The van der Waals surface area contributed by atoms with E-state index in [0.717, 1.165) is 37.2 Å². The third-order valence-corrected chi connectivity index (χ3v) is 5.78. The standard InChI is InChI=1S/C17H21N3O3S/c21-16(14-10-11-4-1-2-6-13(11)24-14)18-8-7-15-19-17(23-20-15)12-5-3-9-22-12/h10,12H,1-9H2,(H,18,21). The Bertz CT molecular complexity index is 695. The number of thiophene rings is 1. The molecule has 0 saturated carbocycles. The lowest BCUT2D eigenvalue weighted by molar-refractivity contribution is 0.0835. The number of aromatic nitrogens is 2. The number of aryl methyl sites for hydroxylation is 2. The van der Waals surface area contributed by atoms with Gasteiger partial charge in [-0.2, -0.15) is 4.98 Å². The SMILES string of the molecule is O=C(NCCc1noc(C2CCCO2)n1)c1cc2c(s1)CCCC2. The zero-order valence-corrected chi connectivity index (χ0v) is 14.4. The Labute approximate surface area is 144 Å². The molecule has 4 rings (SSSR count). The van der Waals surface area contributed by atoms with Crippen molar-refractivity contribution >= 4 is 17.2 Å². The topological polar surface area (TPSA) is 77.2 Å². The van der Waals surface area contributed by atoms with Crippen molar-refractivity contribution in [2.45, 2.75) is 51.0 Å². The van der Waals surface area contributed by atoms with E-state index in [1.54, 1.807) is 11.3 Å². The lowest BCUT2D eigenvalue weighted by Crippen LogP contribution is -2.25. The largest absolute Gasteiger partial charge is 0.368 e. The number of nitrogens with one attached hydrogen (secondary N) is 1. The lowest BCUT2D eigenvalue weighted by atomic mass is 9.99. The van der Waals surface area contributed by atoms with Crippen LogP contribution in [0.5, 0.6) is 0 Å². The highest BCUT2D eigenvalue weighted by Gasteiger charge is 2.23. The first-order chi connectivity index (χ1) is 11.8. The summed E-state index contributed by atoms with van der Waals surface area (Å²) in [4.78, 5) is 18.8. The Hall–Kier alpha value is -1.73. The number of ether oxygens (including phenoxy) is 1.